The minimum atomic E-state index is 0.125. The summed E-state index contributed by atoms with van der Waals surface area (Å²) >= 11 is 0. The van der Waals surface area contributed by atoms with Crippen LogP contribution in [0.4, 0.5) is 0 Å². The van der Waals surface area contributed by atoms with Crippen LogP contribution in [0.2, 0.25) is 0 Å². The smallest absolute Gasteiger partial charge is 0.160 e. The second-order valence-corrected chi connectivity index (χ2v) is 12.7. The molecule has 2 aliphatic carbocycles. The molecule has 0 saturated heterocycles. The van der Waals surface area contributed by atoms with Gasteiger partial charge in [0.25, 0.3) is 0 Å². The Kier molecular flexibility index (Phi) is 5.79. The molecule has 10 rings (SSSR count). The highest BCUT2D eigenvalue weighted by molar-refractivity contribution is 6.16. The second kappa shape index (κ2) is 10.4. The fourth-order valence-electron chi connectivity index (χ4n) is 7.99. The van der Waals surface area contributed by atoms with Gasteiger partial charge in [0.2, 0.25) is 0 Å². The molecule has 0 spiro atoms. The lowest BCUT2D eigenvalue weighted by molar-refractivity contribution is 0.671. The molecule has 8 aromatic rings. The van der Waals surface area contributed by atoms with Crippen molar-refractivity contribution in [3.8, 4) is 11.8 Å². The molecule has 0 saturated carbocycles. The van der Waals surface area contributed by atoms with Gasteiger partial charge >= 0.3 is 0 Å². The van der Waals surface area contributed by atoms with Crippen molar-refractivity contribution in [3.05, 3.63) is 162 Å². The van der Waals surface area contributed by atoms with E-state index in [0.717, 1.165) is 62.7 Å². The van der Waals surface area contributed by atoms with E-state index in [-0.39, 0.29) is 5.92 Å². The maximum absolute atomic E-state index is 10.3. The fourth-order valence-corrected chi connectivity index (χ4v) is 7.99. The molecule has 0 bridgehead atoms. The first-order valence-electron chi connectivity index (χ1n) is 16.5. The molecule has 226 valence electrons. The zero-order valence-corrected chi connectivity index (χ0v) is 26.1. The quantitative estimate of drug-likeness (QED) is 0.198. The largest absolute Gasteiger partial charge is 0.454 e. The number of aromatic nitrogens is 2. The average Bonchev–Trinajstić information content (AvgIpc) is 3.72. The first-order chi connectivity index (χ1) is 23.8. The zero-order valence-electron chi connectivity index (χ0n) is 26.1. The van der Waals surface area contributed by atoms with Gasteiger partial charge in [-0.2, -0.15) is 5.26 Å². The summed E-state index contributed by atoms with van der Waals surface area (Å²) in [5.41, 5.74) is 11.5. The number of rotatable bonds is 3. The van der Waals surface area contributed by atoms with Crippen molar-refractivity contribution in [1.29, 1.82) is 5.26 Å². The van der Waals surface area contributed by atoms with E-state index in [4.69, 9.17) is 4.42 Å². The van der Waals surface area contributed by atoms with Gasteiger partial charge in [-0.3, -0.25) is 0 Å². The highest BCUT2D eigenvalue weighted by atomic mass is 16.3. The Morgan fingerprint density at radius 1 is 0.688 bits per heavy atom. The second-order valence-electron chi connectivity index (χ2n) is 12.7. The standard InChI is InChI=1S/C44H29N3O/c45-27-30-22-21-29(26-41(30)47-39-18-7-4-14-32(39)33-15-5-8-19-40(33)47)28-11-10-12-31(25-28)46-38-17-3-1-2-13-34(38)36-23-24-37-35-16-6-9-20-42(35)48-44(37)43(36)46/h1-10,12,14-26,28H,11,13H2. The van der Waals surface area contributed by atoms with Crippen molar-refractivity contribution in [2.24, 2.45) is 0 Å². The number of nitriles is 1. The van der Waals surface area contributed by atoms with Crippen LogP contribution in [0.15, 0.2) is 144 Å². The Morgan fingerprint density at radius 3 is 2.25 bits per heavy atom. The van der Waals surface area contributed by atoms with Crippen molar-refractivity contribution in [2.45, 2.75) is 18.8 Å². The Bertz CT molecular complexity index is 2750. The SMILES string of the molecule is N#Cc1ccc(C2C=C(n3c4c(c5ccc6c7ccccc7oc6c53)CC=CC=C4)C=CC2)cc1-n1c2ccccc2c2ccccc21. The van der Waals surface area contributed by atoms with Crippen LogP contribution < -0.4 is 0 Å². The lowest BCUT2D eigenvalue weighted by atomic mass is 9.90. The van der Waals surface area contributed by atoms with Crippen LogP contribution in [0.1, 0.15) is 34.7 Å². The van der Waals surface area contributed by atoms with Crippen molar-refractivity contribution < 1.29 is 4.42 Å². The Balaban J connectivity index is 1.18. The monoisotopic (exact) mass is 615 g/mol. The van der Waals surface area contributed by atoms with Gasteiger partial charge < -0.3 is 13.6 Å². The zero-order chi connectivity index (χ0) is 31.8. The predicted molar refractivity (Wildman–Crippen MR) is 197 cm³/mol. The minimum Gasteiger partial charge on any atom is -0.454 e. The number of hydrogen-bond acceptors (Lipinski definition) is 2. The molecule has 1 unspecified atom stereocenters. The third-order valence-electron chi connectivity index (χ3n) is 10.1. The molecule has 2 aliphatic rings. The number of benzene rings is 5. The van der Waals surface area contributed by atoms with Crippen LogP contribution >= 0.6 is 0 Å². The number of fused-ring (bicyclic) bond motifs is 10. The summed E-state index contributed by atoms with van der Waals surface area (Å²) in [5.74, 6) is 0.125. The van der Waals surface area contributed by atoms with Crippen LogP contribution in [0.25, 0.3) is 72.1 Å². The molecular weight excluding hydrogens is 587 g/mol. The van der Waals surface area contributed by atoms with Crippen LogP contribution in [0, 0.1) is 11.3 Å². The van der Waals surface area contributed by atoms with E-state index < -0.39 is 0 Å². The van der Waals surface area contributed by atoms with Crippen LogP contribution in [-0.2, 0) is 6.42 Å². The number of furan rings is 1. The van der Waals surface area contributed by atoms with Crippen molar-refractivity contribution in [1.82, 2.24) is 9.13 Å². The molecule has 1 atom stereocenters. The molecule has 48 heavy (non-hydrogen) atoms. The number of para-hydroxylation sites is 3. The topological polar surface area (TPSA) is 46.8 Å². The normalized spacial score (nSPS) is 15.8. The van der Waals surface area contributed by atoms with Gasteiger partial charge in [0.05, 0.1) is 33.5 Å². The van der Waals surface area contributed by atoms with E-state index in [1.165, 1.54) is 33.0 Å². The van der Waals surface area contributed by atoms with Gasteiger partial charge in [-0.05, 0) is 72.5 Å². The molecule has 4 nitrogen and oxygen atoms in total. The first kappa shape index (κ1) is 26.9. The highest BCUT2D eigenvalue weighted by Gasteiger charge is 2.25. The van der Waals surface area contributed by atoms with E-state index in [2.05, 4.69) is 149 Å². The average molecular weight is 616 g/mol. The third-order valence-corrected chi connectivity index (χ3v) is 10.1. The van der Waals surface area contributed by atoms with Crippen molar-refractivity contribution in [3.63, 3.8) is 0 Å². The molecule has 0 amide bonds. The molecular formula is C44H29N3O. The molecule has 5 aromatic carbocycles. The van der Waals surface area contributed by atoms with Gasteiger partial charge in [-0.1, -0.05) is 97.1 Å². The predicted octanol–water partition coefficient (Wildman–Crippen LogP) is 11.2. The first-order valence-corrected chi connectivity index (χ1v) is 16.5. The number of hydrogen-bond donors (Lipinski definition) is 0. The summed E-state index contributed by atoms with van der Waals surface area (Å²) in [7, 11) is 0. The summed E-state index contributed by atoms with van der Waals surface area (Å²) in [6.07, 6.45) is 17.4. The maximum atomic E-state index is 10.3. The van der Waals surface area contributed by atoms with Gasteiger partial charge in [-0.25, -0.2) is 0 Å². The van der Waals surface area contributed by atoms with Crippen LogP contribution in [0.5, 0.6) is 0 Å². The van der Waals surface area contributed by atoms with Crippen molar-refractivity contribution in [2.75, 3.05) is 0 Å². The molecule has 0 aliphatic heterocycles. The van der Waals surface area contributed by atoms with E-state index in [0.29, 0.717) is 5.56 Å². The lowest BCUT2D eigenvalue weighted by Gasteiger charge is -2.21. The van der Waals surface area contributed by atoms with E-state index in [1.54, 1.807) is 0 Å². The summed E-state index contributed by atoms with van der Waals surface area (Å²) < 4.78 is 11.3. The number of allylic oxidation sites excluding steroid dienone is 7. The minimum absolute atomic E-state index is 0.125. The Hall–Kier alpha value is -6.31. The van der Waals surface area contributed by atoms with Gasteiger partial charge in [-0.15, -0.1) is 0 Å². The van der Waals surface area contributed by atoms with Crippen LogP contribution in [0.3, 0.4) is 0 Å². The highest BCUT2D eigenvalue weighted by Crippen LogP contribution is 2.42. The van der Waals surface area contributed by atoms with Gasteiger partial charge in [0.15, 0.2) is 5.58 Å². The van der Waals surface area contributed by atoms with E-state index in [9.17, 15) is 5.26 Å². The van der Waals surface area contributed by atoms with Gasteiger partial charge in [0.1, 0.15) is 11.7 Å². The Morgan fingerprint density at radius 2 is 1.44 bits per heavy atom. The van der Waals surface area contributed by atoms with Crippen molar-refractivity contribution >= 4 is 66.4 Å². The van der Waals surface area contributed by atoms with E-state index >= 15 is 0 Å². The molecule has 0 fully saturated rings. The maximum Gasteiger partial charge on any atom is 0.160 e. The summed E-state index contributed by atoms with van der Waals surface area (Å²) in [6.45, 7) is 0. The summed E-state index contributed by atoms with van der Waals surface area (Å²) in [5, 5.41) is 16.1. The fraction of sp³-hybridized carbons (Fsp3) is 0.0682. The third kappa shape index (κ3) is 3.82. The molecule has 4 heteroatoms. The number of nitrogens with zero attached hydrogens (tertiary/aromatic N) is 3. The summed E-state index contributed by atoms with van der Waals surface area (Å²) in [4.78, 5) is 0. The summed E-state index contributed by atoms with van der Waals surface area (Å²) in [6, 6.07) is 38.5. The van der Waals surface area contributed by atoms with E-state index in [1.807, 2.05) is 12.1 Å². The Labute approximate surface area is 277 Å². The molecule has 0 N–H and O–H groups in total. The molecule has 3 aromatic heterocycles. The van der Waals surface area contributed by atoms with Gasteiger partial charge in [0, 0.05) is 38.5 Å². The van der Waals surface area contributed by atoms with Crippen LogP contribution in [-0.4, -0.2) is 9.13 Å². The molecule has 0 radical (unpaired) electrons. The molecule has 3 heterocycles. The lowest BCUT2D eigenvalue weighted by Crippen LogP contribution is -2.07.